The number of hydrogen-bond donors (Lipinski definition) is 0. The predicted molar refractivity (Wildman–Crippen MR) is 71.7 cm³/mol. The third kappa shape index (κ3) is 3.40. The number of benzene rings is 1. The SMILES string of the molecule is CON(C)C(=O)c1csc(-c2ccc(C(F)(F)F)cc2)n1. The van der Waals surface area contributed by atoms with E-state index in [0.29, 0.717) is 10.6 Å². The van der Waals surface area contributed by atoms with Gasteiger partial charge in [-0.25, -0.2) is 10.0 Å². The van der Waals surface area contributed by atoms with Crippen LogP contribution in [-0.2, 0) is 11.0 Å². The van der Waals surface area contributed by atoms with Gasteiger partial charge in [-0.2, -0.15) is 13.2 Å². The average Bonchev–Trinajstić information content (AvgIpc) is 2.94. The summed E-state index contributed by atoms with van der Waals surface area (Å²) < 4.78 is 37.4. The molecule has 2 aromatic rings. The second-order valence-corrected chi connectivity index (χ2v) is 4.96. The number of hydrogen-bond acceptors (Lipinski definition) is 4. The summed E-state index contributed by atoms with van der Waals surface area (Å²) in [5.74, 6) is -0.424. The Labute approximate surface area is 122 Å². The maximum absolute atomic E-state index is 12.5. The highest BCUT2D eigenvalue weighted by atomic mass is 32.1. The van der Waals surface area contributed by atoms with Crippen molar-refractivity contribution in [2.75, 3.05) is 14.2 Å². The van der Waals surface area contributed by atoms with Gasteiger partial charge >= 0.3 is 6.18 Å². The second-order valence-electron chi connectivity index (χ2n) is 4.10. The molecule has 1 aromatic heterocycles. The highest BCUT2D eigenvalue weighted by Gasteiger charge is 2.30. The molecule has 0 aliphatic rings. The molecule has 0 N–H and O–H groups in total. The molecule has 21 heavy (non-hydrogen) atoms. The highest BCUT2D eigenvalue weighted by Crippen LogP contribution is 2.31. The number of amides is 1. The van der Waals surface area contributed by atoms with Gasteiger partial charge in [0.1, 0.15) is 10.7 Å². The minimum atomic E-state index is -4.37. The first kappa shape index (κ1) is 15.5. The normalized spacial score (nSPS) is 11.5. The van der Waals surface area contributed by atoms with Crippen molar-refractivity contribution in [3.8, 4) is 10.6 Å². The van der Waals surface area contributed by atoms with Crippen molar-refractivity contribution >= 4 is 17.2 Å². The molecule has 0 fully saturated rings. The van der Waals surface area contributed by atoms with Crippen molar-refractivity contribution in [1.29, 1.82) is 0 Å². The fraction of sp³-hybridized carbons (Fsp3) is 0.231. The van der Waals surface area contributed by atoms with Gasteiger partial charge in [0.15, 0.2) is 0 Å². The lowest BCUT2D eigenvalue weighted by molar-refractivity contribution is -0.137. The minimum absolute atomic E-state index is 0.180. The fourth-order valence-electron chi connectivity index (χ4n) is 1.55. The van der Waals surface area contributed by atoms with Gasteiger partial charge in [0.25, 0.3) is 5.91 Å². The predicted octanol–water partition coefficient (Wildman–Crippen LogP) is 3.46. The van der Waals surface area contributed by atoms with Crippen molar-refractivity contribution in [3.05, 3.63) is 40.9 Å². The Kier molecular flexibility index (Phi) is 4.29. The number of halogens is 3. The smallest absolute Gasteiger partial charge is 0.274 e. The first-order valence-corrected chi connectivity index (χ1v) is 6.66. The number of rotatable bonds is 3. The quantitative estimate of drug-likeness (QED) is 0.814. The lowest BCUT2D eigenvalue weighted by Gasteiger charge is -2.11. The summed E-state index contributed by atoms with van der Waals surface area (Å²) in [5, 5.41) is 3.02. The van der Waals surface area contributed by atoms with Gasteiger partial charge in [-0.1, -0.05) is 12.1 Å². The van der Waals surface area contributed by atoms with E-state index in [2.05, 4.69) is 4.98 Å². The van der Waals surface area contributed by atoms with Crippen LogP contribution in [0.3, 0.4) is 0 Å². The van der Waals surface area contributed by atoms with Crippen molar-refractivity contribution in [2.45, 2.75) is 6.18 Å². The molecule has 112 valence electrons. The maximum atomic E-state index is 12.5. The van der Waals surface area contributed by atoms with Crippen molar-refractivity contribution in [1.82, 2.24) is 10.0 Å². The van der Waals surface area contributed by atoms with E-state index in [-0.39, 0.29) is 5.69 Å². The second kappa shape index (κ2) is 5.82. The van der Waals surface area contributed by atoms with E-state index in [1.54, 1.807) is 0 Å². The molecule has 1 heterocycles. The first-order chi connectivity index (χ1) is 9.82. The lowest BCUT2D eigenvalue weighted by atomic mass is 10.1. The van der Waals surface area contributed by atoms with E-state index in [1.165, 1.54) is 43.0 Å². The average molecular weight is 316 g/mol. The molecule has 4 nitrogen and oxygen atoms in total. The van der Waals surface area contributed by atoms with Crippen LogP contribution in [0.25, 0.3) is 10.6 Å². The Bertz CT molecular complexity index is 638. The summed E-state index contributed by atoms with van der Waals surface area (Å²) in [7, 11) is 2.79. The van der Waals surface area contributed by atoms with E-state index < -0.39 is 17.6 Å². The summed E-state index contributed by atoms with van der Waals surface area (Å²) in [4.78, 5) is 20.7. The molecule has 0 saturated heterocycles. The molecule has 0 unspecified atom stereocenters. The van der Waals surface area contributed by atoms with Gasteiger partial charge in [-0.05, 0) is 12.1 Å². The summed E-state index contributed by atoms with van der Waals surface area (Å²) in [6.45, 7) is 0. The van der Waals surface area contributed by atoms with E-state index >= 15 is 0 Å². The van der Waals surface area contributed by atoms with E-state index in [4.69, 9.17) is 4.84 Å². The number of thiazole rings is 1. The van der Waals surface area contributed by atoms with Gasteiger partial charge < -0.3 is 0 Å². The van der Waals surface area contributed by atoms with Gasteiger partial charge in [0, 0.05) is 18.0 Å². The molecule has 2 rings (SSSR count). The zero-order valence-electron chi connectivity index (χ0n) is 11.1. The summed E-state index contributed by atoms with van der Waals surface area (Å²) >= 11 is 1.18. The molecule has 1 aromatic carbocycles. The van der Waals surface area contributed by atoms with E-state index in [1.807, 2.05) is 0 Å². The molecular formula is C13H11F3N2O2S. The molecule has 0 aliphatic carbocycles. The summed E-state index contributed by atoms with van der Waals surface area (Å²) in [5.41, 5.74) is -0.0235. The van der Waals surface area contributed by atoms with Crippen LogP contribution in [0.4, 0.5) is 13.2 Å². The van der Waals surface area contributed by atoms with E-state index in [0.717, 1.165) is 17.2 Å². The number of aromatic nitrogens is 1. The third-order valence-electron chi connectivity index (χ3n) is 2.74. The molecule has 0 radical (unpaired) electrons. The van der Waals surface area contributed by atoms with Crippen LogP contribution in [0.2, 0.25) is 0 Å². The molecule has 0 spiro atoms. The highest BCUT2D eigenvalue weighted by molar-refractivity contribution is 7.13. The van der Waals surface area contributed by atoms with E-state index in [9.17, 15) is 18.0 Å². The minimum Gasteiger partial charge on any atom is -0.274 e. The van der Waals surface area contributed by atoms with Crippen molar-refractivity contribution in [2.24, 2.45) is 0 Å². The van der Waals surface area contributed by atoms with Gasteiger partial charge in [-0.3, -0.25) is 9.63 Å². The lowest BCUT2D eigenvalue weighted by Crippen LogP contribution is -2.25. The van der Waals surface area contributed by atoms with Crippen LogP contribution < -0.4 is 0 Å². The number of carbonyl (C=O) groups excluding carboxylic acids is 1. The molecule has 0 saturated carbocycles. The molecule has 8 heteroatoms. The monoisotopic (exact) mass is 316 g/mol. The summed E-state index contributed by atoms with van der Waals surface area (Å²) in [6.07, 6.45) is -4.37. The summed E-state index contributed by atoms with van der Waals surface area (Å²) in [6, 6.07) is 4.63. The molecule has 0 aliphatic heterocycles. The Morgan fingerprint density at radius 3 is 2.43 bits per heavy atom. The first-order valence-electron chi connectivity index (χ1n) is 5.78. The zero-order valence-corrected chi connectivity index (χ0v) is 12.0. The third-order valence-corrected chi connectivity index (χ3v) is 3.63. The molecule has 0 bridgehead atoms. The Hall–Kier alpha value is -1.93. The standard InChI is InChI=1S/C13H11F3N2O2S/c1-18(20-2)12(19)10-7-21-11(17-10)8-3-5-9(6-4-8)13(14,15)16/h3-7H,1-2H3. The fourth-order valence-corrected chi connectivity index (χ4v) is 2.35. The van der Waals surface area contributed by atoms with Gasteiger partial charge in [-0.15, -0.1) is 11.3 Å². The van der Waals surface area contributed by atoms with Crippen LogP contribution in [0.1, 0.15) is 16.1 Å². The molecule has 1 amide bonds. The zero-order chi connectivity index (χ0) is 15.6. The van der Waals surface area contributed by atoms with Crippen LogP contribution in [-0.4, -0.2) is 30.1 Å². The Balaban J connectivity index is 2.24. The number of alkyl halides is 3. The number of carbonyl (C=O) groups is 1. The van der Waals surface area contributed by atoms with Crippen LogP contribution in [0.5, 0.6) is 0 Å². The topological polar surface area (TPSA) is 42.4 Å². The number of hydroxylamine groups is 2. The van der Waals surface area contributed by atoms with Crippen LogP contribution >= 0.6 is 11.3 Å². The molecular weight excluding hydrogens is 305 g/mol. The van der Waals surface area contributed by atoms with Crippen LogP contribution in [0.15, 0.2) is 29.6 Å². The van der Waals surface area contributed by atoms with Crippen molar-refractivity contribution < 1.29 is 22.8 Å². The Morgan fingerprint density at radius 2 is 1.90 bits per heavy atom. The van der Waals surface area contributed by atoms with Crippen LogP contribution in [0, 0.1) is 0 Å². The Morgan fingerprint density at radius 1 is 1.29 bits per heavy atom. The molecule has 0 atom stereocenters. The van der Waals surface area contributed by atoms with Crippen molar-refractivity contribution in [3.63, 3.8) is 0 Å². The number of nitrogens with zero attached hydrogens (tertiary/aromatic N) is 2. The van der Waals surface area contributed by atoms with Gasteiger partial charge in [0.2, 0.25) is 0 Å². The maximum Gasteiger partial charge on any atom is 0.416 e. The largest absolute Gasteiger partial charge is 0.416 e. The van der Waals surface area contributed by atoms with Gasteiger partial charge in [0.05, 0.1) is 12.7 Å².